The molecule has 94 valence electrons. The Morgan fingerprint density at radius 1 is 1.18 bits per heavy atom. The number of piperidine rings is 1. The Morgan fingerprint density at radius 3 is 2.47 bits per heavy atom. The van der Waals surface area contributed by atoms with Gasteiger partial charge in [0.15, 0.2) is 0 Å². The number of aliphatic hydroxyl groups is 1. The van der Waals surface area contributed by atoms with E-state index >= 15 is 0 Å². The summed E-state index contributed by atoms with van der Waals surface area (Å²) in [5, 5.41) is 10.4. The summed E-state index contributed by atoms with van der Waals surface area (Å²) in [5.74, 6) is 0.810. The molecule has 1 aromatic carbocycles. The zero-order valence-electron chi connectivity index (χ0n) is 10.4. The predicted octanol–water partition coefficient (Wildman–Crippen LogP) is 2.26. The number of rotatable bonds is 4. The SMILES string of the molecule is CC(O)(COc1ccccc1)N1CCCCC1. The average molecular weight is 235 g/mol. The van der Waals surface area contributed by atoms with Crippen LogP contribution in [0.25, 0.3) is 0 Å². The van der Waals surface area contributed by atoms with E-state index in [1.165, 1.54) is 19.3 Å². The molecular formula is C14H21NO2. The lowest BCUT2D eigenvalue weighted by Gasteiger charge is -2.39. The Hall–Kier alpha value is -1.06. The van der Waals surface area contributed by atoms with Crippen molar-refractivity contribution in [3.8, 4) is 5.75 Å². The lowest BCUT2D eigenvalue weighted by molar-refractivity contribution is -0.125. The molecule has 2 rings (SSSR count). The van der Waals surface area contributed by atoms with Crippen LogP contribution in [0.5, 0.6) is 5.75 Å². The molecule has 3 heteroatoms. The van der Waals surface area contributed by atoms with Gasteiger partial charge in [-0.05, 0) is 31.9 Å². The van der Waals surface area contributed by atoms with E-state index in [2.05, 4.69) is 4.90 Å². The van der Waals surface area contributed by atoms with Crippen LogP contribution in [0, 0.1) is 0 Å². The van der Waals surface area contributed by atoms with Crippen LogP contribution in [0.2, 0.25) is 0 Å². The van der Waals surface area contributed by atoms with E-state index in [0.717, 1.165) is 18.8 Å². The van der Waals surface area contributed by atoms with Crippen LogP contribution in [0.15, 0.2) is 30.3 Å². The normalized spacial score (nSPS) is 20.8. The topological polar surface area (TPSA) is 32.7 Å². The maximum atomic E-state index is 10.4. The van der Waals surface area contributed by atoms with Crippen LogP contribution in [0.3, 0.4) is 0 Å². The third-order valence-corrected chi connectivity index (χ3v) is 3.29. The van der Waals surface area contributed by atoms with Crippen LogP contribution in [-0.4, -0.2) is 35.4 Å². The van der Waals surface area contributed by atoms with Gasteiger partial charge in [0.25, 0.3) is 0 Å². The zero-order valence-corrected chi connectivity index (χ0v) is 10.4. The van der Waals surface area contributed by atoms with Gasteiger partial charge in [-0.1, -0.05) is 24.6 Å². The second kappa shape index (κ2) is 5.52. The van der Waals surface area contributed by atoms with E-state index in [1.807, 2.05) is 37.3 Å². The van der Waals surface area contributed by atoms with Gasteiger partial charge in [-0.25, -0.2) is 0 Å². The Kier molecular flexibility index (Phi) is 4.02. The molecule has 1 fully saturated rings. The van der Waals surface area contributed by atoms with Gasteiger partial charge in [-0.3, -0.25) is 4.90 Å². The minimum Gasteiger partial charge on any atom is -0.489 e. The minimum absolute atomic E-state index is 0.316. The lowest BCUT2D eigenvalue weighted by Crippen LogP contribution is -2.52. The molecule has 0 aliphatic carbocycles. The molecule has 1 unspecified atom stereocenters. The molecule has 1 aromatic rings. The lowest BCUT2D eigenvalue weighted by atomic mass is 10.1. The number of ether oxygens (including phenoxy) is 1. The van der Waals surface area contributed by atoms with Crippen molar-refractivity contribution in [1.29, 1.82) is 0 Å². The van der Waals surface area contributed by atoms with Crippen LogP contribution in [0.1, 0.15) is 26.2 Å². The summed E-state index contributed by atoms with van der Waals surface area (Å²) in [4.78, 5) is 2.11. The van der Waals surface area contributed by atoms with E-state index in [1.54, 1.807) is 0 Å². The summed E-state index contributed by atoms with van der Waals surface area (Å²) in [6, 6.07) is 9.64. The highest BCUT2D eigenvalue weighted by Crippen LogP contribution is 2.20. The summed E-state index contributed by atoms with van der Waals surface area (Å²) in [6.45, 7) is 4.08. The van der Waals surface area contributed by atoms with Crippen molar-refractivity contribution in [2.24, 2.45) is 0 Å². The Labute approximate surface area is 103 Å². The molecule has 0 amide bonds. The van der Waals surface area contributed by atoms with E-state index in [4.69, 9.17) is 4.74 Å². The van der Waals surface area contributed by atoms with Gasteiger partial charge in [0.1, 0.15) is 18.1 Å². The van der Waals surface area contributed by atoms with E-state index < -0.39 is 5.72 Å². The third kappa shape index (κ3) is 3.45. The maximum Gasteiger partial charge on any atom is 0.149 e. The highest BCUT2D eigenvalue weighted by atomic mass is 16.5. The van der Waals surface area contributed by atoms with E-state index in [-0.39, 0.29) is 0 Å². The van der Waals surface area contributed by atoms with Crippen molar-refractivity contribution >= 4 is 0 Å². The van der Waals surface area contributed by atoms with Crippen molar-refractivity contribution in [2.75, 3.05) is 19.7 Å². The fraction of sp³-hybridized carbons (Fsp3) is 0.571. The highest BCUT2D eigenvalue weighted by Gasteiger charge is 2.30. The van der Waals surface area contributed by atoms with Gasteiger partial charge in [-0.15, -0.1) is 0 Å². The van der Waals surface area contributed by atoms with Gasteiger partial charge in [0.05, 0.1) is 0 Å². The first-order valence-corrected chi connectivity index (χ1v) is 6.34. The number of nitrogens with zero attached hydrogens (tertiary/aromatic N) is 1. The fourth-order valence-electron chi connectivity index (χ4n) is 2.20. The van der Waals surface area contributed by atoms with Crippen molar-refractivity contribution in [3.05, 3.63) is 30.3 Å². The molecule has 1 aliphatic heterocycles. The van der Waals surface area contributed by atoms with Gasteiger partial charge in [0, 0.05) is 13.1 Å². The molecular weight excluding hydrogens is 214 g/mol. The third-order valence-electron chi connectivity index (χ3n) is 3.29. The smallest absolute Gasteiger partial charge is 0.149 e. The standard InChI is InChI=1S/C14H21NO2/c1-14(16,15-10-6-3-7-11-15)12-17-13-8-4-2-5-9-13/h2,4-5,8-9,16H,3,6-7,10-12H2,1H3. The molecule has 0 saturated carbocycles. The monoisotopic (exact) mass is 235 g/mol. The van der Waals surface area contributed by atoms with Gasteiger partial charge >= 0.3 is 0 Å². The summed E-state index contributed by atoms with van der Waals surface area (Å²) >= 11 is 0. The van der Waals surface area contributed by atoms with Gasteiger partial charge in [-0.2, -0.15) is 0 Å². The van der Waals surface area contributed by atoms with E-state index in [0.29, 0.717) is 6.61 Å². The second-order valence-corrected chi connectivity index (χ2v) is 4.87. The fourth-order valence-corrected chi connectivity index (χ4v) is 2.20. The van der Waals surface area contributed by atoms with Gasteiger partial charge < -0.3 is 9.84 Å². The molecule has 1 N–H and O–H groups in total. The first-order valence-electron chi connectivity index (χ1n) is 6.34. The summed E-state index contributed by atoms with van der Waals surface area (Å²) in [5.41, 5.74) is -0.865. The number of hydrogen-bond donors (Lipinski definition) is 1. The molecule has 0 bridgehead atoms. The molecule has 1 aliphatic rings. The first kappa shape index (κ1) is 12.4. The molecule has 1 saturated heterocycles. The number of likely N-dealkylation sites (tertiary alicyclic amines) is 1. The molecule has 17 heavy (non-hydrogen) atoms. The van der Waals surface area contributed by atoms with Crippen molar-refractivity contribution < 1.29 is 9.84 Å². The number of para-hydroxylation sites is 1. The van der Waals surface area contributed by atoms with Crippen molar-refractivity contribution in [3.63, 3.8) is 0 Å². The maximum absolute atomic E-state index is 10.4. The summed E-state index contributed by atoms with van der Waals surface area (Å²) in [6.07, 6.45) is 3.61. The highest BCUT2D eigenvalue weighted by molar-refractivity contribution is 5.21. The molecule has 0 aromatic heterocycles. The Morgan fingerprint density at radius 2 is 1.82 bits per heavy atom. The van der Waals surface area contributed by atoms with Crippen molar-refractivity contribution in [1.82, 2.24) is 4.90 Å². The average Bonchev–Trinajstić information content (AvgIpc) is 2.39. The summed E-state index contributed by atoms with van der Waals surface area (Å²) in [7, 11) is 0. The largest absolute Gasteiger partial charge is 0.489 e. The summed E-state index contributed by atoms with van der Waals surface area (Å²) < 4.78 is 5.63. The molecule has 1 heterocycles. The Balaban J connectivity index is 1.88. The quantitative estimate of drug-likeness (QED) is 0.869. The second-order valence-electron chi connectivity index (χ2n) is 4.87. The van der Waals surface area contributed by atoms with Crippen LogP contribution in [0.4, 0.5) is 0 Å². The number of hydrogen-bond acceptors (Lipinski definition) is 3. The number of benzene rings is 1. The first-order chi connectivity index (χ1) is 8.18. The van der Waals surface area contributed by atoms with Crippen LogP contribution in [-0.2, 0) is 0 Å². The predicted molar refractivity (Wildman–Crippen MR) is 68.0 cm³/mol. The molecule has 3 nitrogen and oxygen atoms in total. The van der Waals surface area contributed by atoms with Gasteiger partial charge in [0.2, 0.25) is 0 Å². The molecule has 0 radical (unpaired) electrons. The van der Waals surface area contributed by atoms with Crippen molar-refractivity contribution in [2.45, 2.75) is 31.9 Å². The molecule has 1 atom stereocenters. The minimum atomic E-state index is -0.865. The molecule has 0 spiro atoms. The van der Waals surface area contributed by atoms with Crippen LogP contribution < -0.4 is 4.74 Å². The Bertz CT molecular complexity index is 331. The van der Waals surface area contributed by atoms with Crippen LogP contribution >= 0.6 is 0 Å². The van der Waals surface area contributed by atoms with E-state index in [9.17, 15) is 5.11 Å². The zero-order chi connectivity index (χ0) is 12.1.